The third-order valence-corrected chi connectivity index (χ3v) is 8.83. The number of ether oxygens (including phenoxy) is 1. The number of nitrogen functional groups attached to an aromatic ring is 1. The zero-order valence-corrected chi connectivity index (χ0v) is 25.3. The Labute approximate surface area is 248 Å². The highest BCUT2D eigenvalue weighted by atomic mass is 32.2. The monoisotopic (exact) mass is 598 g/mol. The number of carbonyl (C=O) groups excluding carboxylic acids is 2. The smallest absolute Gasteiger partial charge is 0.246 e. The van der Waals surface area contributed by atoms with Gasteiger partial charge in [-0.1, -0.05) is 56.3 Å². The normalized spacial score (nSPS) is 13.3. The molecule has 0 heterocycles. The molecule has 0 radical (unpaired) electrons. The zero-order valence-electron chi connectivity index (χ0n) is 24.5. The maximum Gasteiger partial charge on any atom is 0.246 e. The average molecular weight is 599 g/mol. The number of aliphatic hydroxyl groups excluding tert-OH is 1. The molecule has 2 atom stereocenters. The van der Waals surface area contributed by atoms with E-state index in [1.807, 2.05) is 56.3 Å². The summed E-state index contributed by atoms with van der Waals surface area (Å²) >= 11 is 0. The van der Waals surface area contributed by atoms with Gasteiger partial charge in [-0.15, -0.1) is 0 Å². The number of hydrogen-bond acceptors (Lipinski definition) is 7. The summed E-state index contributed by atoms with van der Waals surface area (Å²) in [6.45, 7) is 3.74. The van der Waals surface area contributed by atoms with E-state index in [-0.39, 0.29) is 49.4 Å². The van der Waals surface area contributed by atoms with E-state index in [9.17, 15) is 23.1 Å². The van der Waals surface area contributed by atoms with Gasteiger partial charge in [-0.25, -0.2) is 8.42 Å². The van der Waals surface area contributed by atoms with Crippen LogP contribution < -0.4 is 16.4 Å². The van der Waals surface area contributed by atoms with Crippen molar-refractivity contribution in [3.8, 4) is 0 Å². The number of methoxy groups -OCH3 is 1. The molecule has 10 nitrogen and oxygen atoms in total. The SMILES string of the molecule is COCC(=O)N[C@@H](Cc1cccc2ccccc12)C(=O)NCCC[C@@H](CO)N(CC(C)C)S(=O)(=O)c1ccc(N)cc1. The predicted molar refractivity (Wildman–Crippen MR) is 164 cm³/mol. The molecule has 3 aromatic carbocycles. The van der Waals surface area contributed by atoms with Crippen molar-refractivity contribution in [2.24, 2.45) is 5.92 Å². The van der Waals surface area contributed by atoms with E-state index >= 15 is 0 Å². The summed E-state index contributed by atoms with van der Waals surface area (Å²) in [5.74, 6) is -0.746. The lowest BCUT2D eigenvalue weighted by Crippen LogP contribution is -2.49. The van der Waals surface area contributed by atoms with Crippen LogP contribution in [0.2, 0.25) is 0 Å². The van der Waals surface area contributed by atoms with E-state index in [1.54, 1.807) is 0 Å². The van der Waals surface area contributed by atoms with Crippen LogP contribution in [-0.2, 0) is 30.8 Å². The molecule has 2 amide bonds. The van der Waals surface area contributed by atoms with Gasteiger partial charge in [0.1, 0.15) is 12.6 Å². The highest BCUT2D eigenvalue weighted by molar-refractivity contribution is 7.89. The zero-order chi connectivity index (χ0) is 30.7. The Hall–Kier alpha value is -3.51. The fourth-order valence-electron chi connectivity index (χ4n) is 4.84. The molecule has 3 aromatic rings. The number of anilines is 1. The summed E-state index contributed by atoms with van der Waals surface area (Å²) < 4.78 is 33.2. The van der Waals surface area contributed by atoms with Crippen LogP contribution in [0.15, 0.2) is 71.6 Å². The van der Waals surface area contributed by atoms with Crippen LogP contribution in [0.4, 0.5) is 5.69 Å². The van der Waals surface area contributed by atoms with Crippen LogP contribution in [0.1, 0.15) is 32.3 Å². The first kappa shape index (κ1) is 33.0. The topological polar surface area (TPSA) is 151 Å². The minimum atomic E-state index is -3.89. The second kappa shape index (κ2) is 15.6. The van der Waals surface area contributed by atoms with Crippen molar-refractivity contribution in [1.29, 1.82) is 0 Å². The molecular formula is C31H42N4O6S. The van der Waals surface area contributed by atoms with Gasteiger partial charge >= 0.3 is 0 Å². The lowest BCUT2D eigenvalue weighted by atomic mass is 9.98. The molecule has 0 aliphatic heterocycles. The van der Waals surface area contributed by atoms with Gasteiger partial charge in [-0.2, -0.15) is 4.31 Å². The molecule has 0 bridgehead atoms. The molecule has 0 saturated carbocycles. The maximum absolute atomic E-state index is 13.5. The number of benzene rings is 3. The molecular weight excluding hydrogens is 556 g/mol. The fourth-order valence-corrected chi connectivity index (χ4v) is 6.65. The van der Waals surface area contributed by atoms with Gasteiger partial charge in [0.05, 0.1) is 11.5 Å². The summed E-state index contributed by atoms with van der Waals surface area (Å²) in [5.41, 5.74) is 7.11. The van der Waals surface area contributed by atoms with Crippen molar-refractivity contribution in [2.45, 2.75) is 50.1 Å². The van der Waals surface area contributed by atoms with Gasteiger partial charge in [0.25, 0.3) is 0 Å². The third-order valence-electron chi connectivity index (χ3n) is 6.89. The molecule has 42 heavy (non-hydrogen) atoms. The summed E-state index contributed by atoms with van der Waals surface area (Å²) in [7, 11) is -2.48. The molecule has 0 aliphatic rings. The van der Waals surface area contributed by atoms with Gasteiger partial charge < -0.3 is 26.2 Å². The van der Waals surface area contributed by atoms with Crippen molar-refractivity contribution in [1.82, 2.24) is 14.9 Å². The first-order valence-electron chi connectivity index (χ1n) is 14.1. The lowest BCUT2D eigenvalue weighted by Gasteiger charge is -2.31. The van der Waals surface area contributed by atoms with Crippen LogP contribution in [0, 0.1) is 5.92 Å². The minimum absolute atomic E-state index is 0.0212. The highest BCUT2D eigenvalue weighted by Crippen LogP contribution is 2.23. The molecule has 0 unspecified atom stereocenters. The van der Waals surface area contributed by atoms with Gasteiger partial charge in [0.2, 0.25) is 21.8 Å². The molecule has 0 spiro atoms. The largest absolute Gasteiger partial charge is 0.399 e. The van der Waals surface area contributed by atoms with Gasteiger partial charge in [0.15, 0.2) is 0 Å². The standard InChI is InChI=1S/C31H42N4O6S/c1-22(2)19-35(42(39,40)27-15-13-25(32)14-16-27)26(20-36)11-7-17-33-31(38)29(34-30(37)21-41-3)18-24-10-6-9-23-8-4-5-12-28(23)24/h4-6,8-10,12-16,22,26,29,36H,7,11,17-21,32H2,1-3H3,(H,33,38)(H,34,37)/t26-,29-/m0/s1. The van der Waals surface area contributed by atoms with Crippen LogP contribution in [0.5, 0.6) is 0 Å². The number of hydrogen-bond donors (Lipinski definition) is 4. The minimum Gasteiger partial charge on any atom is -0.399 e. The first-order valence-corrected chi connectivity index (χ1v) is 15.5. The van der Waals surface area contributed by atoms with E-state index in [2.05, 4.69) is 10.6 Å². The van der Waals surface area contributed by atoms with E-state index in [4.69, 9.17) is 10.5 Å². The van der Waals surface area contributed by atoms with Gasteiger partial charge in [-0.3, -0.25) is 9.59 Å². The van der Waals surface area contributed by atoms with E-state index in [0.717, 1.165) is 16.3 Å². The number of nitrogens with one attached hydrogen (secondary N) is 2. The molecule has 3 rings (SSSR count). The van der Waals surface area contributed by atoms with E-state index in [1.165, 1.54) is 35.7 Å². The predicted octanol–water partition coefficient (Wildman–Crippen LogP) is 2.70. The van der Waals surface area contributed by atoms with E-state index < -0.39 is 28.0 Å². The molecule has 11 heteroatoms. The van der Waals surface area contributed by atoms with E-state index in [0.29, 0.717) is 18.5 Å². The second-order valence-corrected chi connectivity index (χ2v) is 12.6. The van der Waals surface area contributed by atoms with Crippen molar-refractivity contribution in [3.63, 3.8) is 0 Å². The van der Waals surface area contributed by atoms with Crippen LogP contribution in [0.25, 0.3) is 10.8 Å². The summed E-state index contributed by atoms with van der Waals surface area (Å²) in [5, 5.41) is 17.9. The number of rotatable bonds is 16. The Morgan fingerprint density at radius 1 is 1.02 bits per heavy atom. The summed E-state index contributed by atoms with van der Waals surface area (Å²) in [4.78, 5) is 25.7. The summed E-state index contributed by atoms with van der Waals surface area (Å²) in [6.07, 6.45) is 1.02. The van der Waals surface area contributed by atoms with Crippen LogP contribution >= 0.6 is 0 Å². The Morgan fingerprint density at radius 2 is 1.71 bits per heavy atom. The van der Waals surface area contributed by atoms with Gasteiger partial charge in [-0.05, 0) is 59.4 Å². The maximum atomic E-state index is 13.5. The number of nitrogens with two attached hydrogens (primary N) is 1. The Morgan fingerprint density at radius 3 is 2.38 bits per heavy atom. The Bertz CT molecular complexity index is 1420. The van der Waals surface area contributed by atoms with Crippen LogP contribution in [-0.4, -0.2) is 75.1 Å². The highest BCUT2D eigenvalue weighted by Gasteiger charge is 2.31. The first-order chi connectivity index (χ1) is 20.1. The summed E-state index contributed by atoms with van der Waals surface area (Å²) in [6, 6.07) is 18.1. The number of amides is 2. The van der Waals surface area contributed by atoms with Crippen LogP contribution in [0.3, 0.4) is 0 Å². The number of aliphatic hydroxyl groups is 1. The third kappa shape index (κ3) is 8.99. The van der Waals surface area contributed by atoms with Gasteiger partial charge in [0, 0.05) is 38.3 Å². The fraction of sp³-hybridized carbons (Fsp3) is 0.419. The number of fused-ring (bicyclic) bond motifs is 1. The Balaban J connectivity index is 1.69. The van der Waals surface area contributed by atoms with Crippen molar-refractivity contribution >= 4 is 38.3 Å². The van der Waals surface area contributed by atoms with Crippen molar-refractivity contribution in [2.75, 3.05) is 39.1 Å². The van der Waals surface area contributed by atoms with Crippen molar-refractivity contribution in [3.05, 3.63) is 72.3 Å². The molecule has 0 saturated heterocycles. The molecule has 5 N–H and O–H groups in total. The number of sulfonamides is 1. The average Bonchev–Trinajstić information content (AvgIpc) is 2.96. The van der Waals surface area contributed by atoms with Crippen molar-refractivity contribution < 1.29 is 27.9 Å². The number of nitrogens with zero attached hydrogens (tertiary/aromatic N) is 1. The molecule has 0 aliphatic carbocycles. The second-order valence-electron chi connectivity index (χ2n) is 10.7. The molecule has 228 valence electrons. The molecule has 0 aromatic heterocycles. The molecule has 0 fully saturated rings. The lowest BCUT2D eigenvalue weighted by molar-refractivity contribution is -0.130. The quantitative estimate of drug-likeness (QED) is 0.146. The number of carbonyl (C=O) groups is 2. The Kier molecular flexibility index (Phi) is 12.3.